The van der Waals surface area contributed by atoms with Crippen LogP contribution in [0.3, 0.4) is 0 Å². The Morgan fingerprint density at radius 1 is 1.19 bits per heavy atom. The number of hydrogen-bond donors (Lipinski definition) is 2. The number of hydrogen-bond acceptors (Lipinski definition) is 3. The summed E-state index contributed by atoms with van der Waals surface area (Å²) in [6, 6.07) is 6.57. The second kappa shape index (κ2) is 5.54. The van der Waals surface area contributed by atoms with Gasteiger partial charge in [-0.05, 0) is 49.2 Å². The molecule has 0 aliphatic rings. The molecular formula is C14H14ClFN2O2S. The van der Waals surface area contributed by atoms with E-state index in [-0.39, 0.29) is 9.92 Å². The Balaban J connectivity index is 2.42. The molecule has 2 aromatic carbocycles. The lowest BCUT2D eigenvalue weighted by Crippen LogP contribution is -2.14. The van der Waals surface area contributed by atoms with E-state index in [2.05, 4.69) is 4.72 Å². The number of nitrogens with two attached hydrogens (primary N) is 1. The van der Waals surface area contributed by atoms with Crippen molar-refractivity contribution in [2.24, 2.45) is 0 Å². The first-order valence-corrected chi connectivity index (χ1v) is 7.92. The summed E-state index contributed by atoms with van der Waals surface area (Å²) >= 11 is 5.61. The van der Waals surface area contributed by atoms with Crippen molar-refractivity contribution < 1.29 is 12.8 Å². The van der Waals surface area contributed by atoms with E-state index in [0.29, 0.717) is 16.9 Å². The number of sulfonamides is 1. The zero-order valence-electron chi connectivity index (χ0n) is 11.4. The van der Waals surface area contributed by atoms with Gasteiger partial charge in [0, 0.05) is 5.69 Å². The molecule has 4 nitrogen and oxygen atoms in total. The topological polar surface area (TPSA) is 72.2 Å². The van der Waals surface area contributed by atoms with E-state index in [0.717, 1.165) is 23.8 Å². The molecule has 0 heterocycles. The number of aryl methyl sites for hydroxylation is 1. The van der Waals surface area contributed by atoms with Crippen molar-refractivity contribution in [2.75, 3.05) is 10.5 Å². The molecule has 3 N–H and O–H groups in total. The van der Waals surface area contributed by atoms with E-state index in [1.54, 1.807) is 19.1 Å². The standard InChI is InChI=1S/C14H14ClFN2O2S/c1-8-3-6-13(9(2)14(8)17)18-21(19,20)10-4-5-12(16)11(15)7-10/h3-7,18H,17H2,1-2H3. The van der Waals surface area contributed by atoms with Gasteiger partial charge in [-0.25, -0.2) is 12.8 Å². The molecule has 0 radical (unpaired) electrons. The van der Waals surface area contributed by atoms with E-state index in [9.17, 15) is 12.8 Å². The largest absolute Gasteiger partial charge is 0.398 e. The van der Waals surface area contributed by atoms with Crippen LogP contribution in [0.25, 0.3) is 0 Å². The summed E-state index contributed by atoms with van der Waals surface area (Å²) in [4.78, 5) is -0.118. The Morgan fingerprint density at radius 2 is 1.86 bits per heavy atom. The highest BCUT2D eigenvalue weighted by molar-refractivity contribution is 7.92. The molecule has 0 saturated heterocycles. The molecule has 0 amide bonds. The lowest BCUT2D eigenvalue weighted by atomic mass is 10.1. The minimum absolute atomic E-state index is 0.118. The summed E-state index contributed by atoms with van der Waals surface area (Å²) in [6.45, 7) is 3.55. The van der Waals surface area contributed by atoms with Gasteiger partial charge in [0.25, 0.3) is 10.0 Å². The summed E-state index contributed by atoms with van der Waals surface area (Å²) < 4.78 is 40.1. The highest BCUT2D eigenvalue weighted by Crippen LogP contribution is 2.27. The Bertz CT molecular complexity index is 807. The molecule has 0 aliphatic heterocycles. The number of benzene rings is 2. The minimum atomic E-state index is -3.86. The number of rotatable bonds is 3. The van der Waals surface area contributed by atoms with Crippen LogP contribution < -0.4 is 10.5 Å². The van der Waals surface area contributed by atoms with Crippen molar-refractivity contribution in [3.05, 3.63) is 52.3 Å². The molecule has 0 spiro atoms. The van der Waals surface area contributed by atoms with Gasteiger partial charge < -0.3 is 5.73 Å². The third-order valence-electron chi connectivity index (χ3n) is 3.18. The first-order valence-electron chi connectivity index (χ1n) is 6.06. The smallest absolute Gasteiger partial charge is 0.261 e. The van der Waals surface area contributed by atoms with E-state index in [4.69, 9.17) is 17.3 Å². The van der Waals surface area contributed by atoms with Crippen molar-refractivity contribution in [2.45, 2.75) is 18.7 Å². The van der Waals surface area contributed by atoms with E-state index in [1.165, 1.54) is 0 Å². The number of halogens is 2. The van der Waals surface area contributed by atoms with Crippen LogP contribution in [-0.4, -0.2) is 8.42 Å². The van der Waals surface area contributed by atoms with Crippen LogP contribution in [0.1, 0.15) is 11.1 Å². The quantitative estimate of drug-likeness (QED) is 0.847. The van der Waals surface area contributed by atoms with Gasteiger partial charge in [-0.1, -0.05) is 17.7 Å². The maximum absolute atomic E-state index is 13.1. The van der Waals surface area contributed by atoms with Crippen molar-refractivity contribution in [3.8, 4) is 0 Å². The molecular weight excluding hydrogens is 315 g/mol. The summed E-state index contributed by atoms with van der Waals surface area (Å²) in [5.74, 6) is -0.675. The first-order chi connectivity index (χ1) is 9.72. The summed E-state index contributed by atoms with van der Waals surface area (Å²) in [5.41, 5.74) is 8.27. The fourth-order valence-electron chi connectivity index (χ4n) is 1.82. The third kappa shape index (κ3) is 3.11. The van der Waals surface area contributed by atoms with E-state index < -0.39 is 15.8 Å². The van der Waals surface area contributed by atoms with Crippen LogP contribution in [0.15, 0.2) is 35.2 Å². The molecule has 0 aliphatic carbocycles. The van der Waals surface area contributed by atoms with Crippen molar-refractivity contribution in [1.29, 1.82) is 0 Å². The molecule has 0 atom stereocenters. The van der Waals surface area contributed by atoms with Crippen LogP contribution in [0, 0.1) is 19.7 Å². The highest BCUT2D eigenvalue weighted by Gasteiger charge is 2.17. The lowest BCUT2D eigenvalue weighted by molar-refractivity contribution is 0.599. The molecule has 21 heavy (non-hydrogen) atoms. The van der Waals surface area contributed by atoms with Gasteiger partial charge in [-0.15, -0.1) is 0 Å². The van der Waals surface area contributed by atoms with Gasteiger partial charge in [0.2, 0.25) is 0 Å². The third-order valence-corrected chi connectivity index (χ3v) is 4.83. The molecule has 0 saturated carbocycles. The Morgan fingerprint density at radius 3 is 2.48 bits per heavy atom. The van der Waals surface area contributed by atoms with Crippen molar-refractivity contribution in [3.63, 3.8) is 0 Å². The van der Waals surface area contributed by atoms with Crippen LogP contribution in [0.2, 0.25) is 5.02 Å². The van der Waals surface area contributed by atoms with Crippen LogP contribution >= 0.6 is 11.6 Å². The van der Waals surface area contributed by atoms with Gasteiger partial charge in [0.1, 0.15) is 5.82 Å². The fraction of sp³-hybridized carbons (Fsp3) is 0.143. The Kier molecular flexibility index (Phi) is 4.11. The van der Waals surface area contributed by atoms with E-state index in [1.807, 2.05) is 6.92 Å². The predicted octanol–water partition coefficient (Wildman–Crippen LogP) is 3.48. The molecule has 2 rings (SSSR count). The molecule has 2 aromatic rings. The molecule has 0 bridgehead atoms. The fourth-order valence-corrected chi connectivity index (χ4v) is 3.22. The SMILES string of the molecule is Cc1ccc(NS(=O)(=O)c2ccc(F)c(Cl)c2)c(C)c1N. The van der Waals surface area contributed by atoms with Gasteiger partial charge in [0.15, 0.2) is 0 Å². The molecule has 0 aromatic heterocycles. The van der Waals surface area contributed by atoms with Crippen LogP contribution in [0.5, 0.6) is 0 Å². The molecule has 112 valence electrons. The van der Waals surface area contributed by atoms with Gasteiger partial charge in [0.05, 0.1) is 15.6 Å². The first kappa shape index (κ1) is 15.6. The lowest BCUT2D eigenvalue weighted by Gasteiger charge is -2.13. The molecule has 0 fully saturated rings. The second-order valence-corrected chi connectivity index (χ2v) is 6.74. The zero-order chi connectivity index (χ0) is 15.8. The Hall–Kier alpha value is -1.79. The van der Waals surface area contributed by atoms with Gasteiger partial charge >= 0.3 is 0 Å². The minimum Gasteiger partial charge on any atom is -0.398 e. The zero-order valence-corrected chi connectivity index (χ0v) is 13.0. The van der Waals surface area contributed by atoms with Crippen molar-refractivity contribution in [1.82, 2.24) is 0 Å². The predicted molar refractivity (Wildman–Crippen MR) is 82.5 cm³/mol. The van der Waals surface area contributed by atoms with Gasteiger partial charge in [-0.2, -0.15) is 0 Å². The van der Waals surface area contributed by atoms with Crippen LogP contribution in [-0.2, 0) is 10.0 Å². The second-order valence-electron chi connectivity index (χ2n) is 4.65. The van der Waals surface area contributed by atoms with Gasteiger partial charge in [-0.3, -0.25) is 4.72 Å². The summed E-state index contributed by atoms with van der Waals surface area (Å²) in [5, 5.41) is -0.252. The molecule has 0 unspecified atom stereocenters. The highest BCUT2D eigenvalue weighted by atomic mass is 35.5. The molecule has 7 heteroatoms. The number of anilines is 2. The van der Waals surface area contributed by atoms with E-state index >= 15 is 0 Å². The normalized spacial score (nSPS) is 11.4. The maximum Gasteiger partial charge on any atom is 0.261 e. The number of nitrogens with one attached hydrogen (secondary N) is 1. The average molecular weight is 329 g/mol. The average Bonchev–Trinajstić information content (AvgIpc) is 2.42. The monoisotopic (exact) mass is 328 g/mol. The number of nitrogen functional groups attached to an aromatic ring is 1. The Labute approximate surface area is 127 Å². The van der Waals surface area contributed by atoms with Crippen molar-refractivity contribution >= 4 is 33.0 Å². The summed E-state index contributed by atoms with van der Waals surface area (Å²) in [6.07, 6.45) is 0. The summed E-state index contributed by atoms with van der Waals surface area (Å²) in [7, 11) is -3.86. The maximum atomic E-state index is 13.1. The van der Waals surface area contributed by atoms with Crippen LogP contribution in [0.4, 0.5) is 15.8 Å².